The molecule has 5 rings (SSSR count). The number of aliphatic carboxylic acids is 1. The Balaban J connectivity index is 1.64. The van der Waals surface area contributed by atoms with Crippen LogP contribution < -0.4 is 21.3 Å². The number of carbonyl (C=O) groups excluding carboxylic acids is 4. The molecule has 0 unspecified atom stereocenters. The quantitative estimate of drug-likeness (QED) is 0.0346. The summed E-state index contributed by atoms with van der Waals surface area (Å²) in [7, 11) is 0. The third kappa shape index (κ3) is 16.8. The van der Waals surface area contributed by atoms with Crippen molar-refractivity contribution in [3.8, 4) is 0 Å². The number of carboxylic acid groups (broad SMARTS) is 1. The first kappa shape index (κ1) is 72.9. The standard InChI is InChI=1S/C47H80N4O35/c1-13(60)48-16(5-52)36(28(67)18(64)6-53)81-45-35(74)41(31(70)21(9-56)78-45)84-43-27(50-15(3)62)40(86-47(46(75)76)4-17(63)25(51-24(66)12-59)39(85-47)29(68)19(65)7-54)38(23(11-58)79-43)83-44-34(73)33(72)37(22(10-57)80-44)82-42-26(49-14(2)61)32(71)30(69)20(8-55)77-42/h16-23,25-45,52-59,63-65,67-74H,4-12H2,1-3H3,(H,48,60)(H,49,61)(H,50,62)(H,51,66)(H,75,76)/t16-,17-,18+,19+,20+,21+,22+,23+,25+,26+,27+,28-,29+,30-,31-,32+,33+,34+,35+,36+,37-,38-,39+,40+,41-,42-,43-,44-,45-,47-/m0/s1. The van der Waals surface area contributed by atoms with Gasteiger partial charge in [-0.1, -0.05) is 0 Å². The van der Waals surface area contributed by atoms with Gasteiger partial charge in [-0.2, -0.15) is 0 Å². The van der Waals surface area contributed by atoms with Gasteiger partial charge in [-0.3, -0.25) is 19.2 Å². The van der Waals surface area contributed by atoms with Crippen molar-refractivity contribution in [3.63, 3.8) is 0 Å². The molecule has 0 aromatic heterocycles. The van der Waals surface area contributed by atoms with Gasteiger partial charge in [0.05, 0.1) is 64.4 Å². The van der Waals surface area contributed by atoms with Crippen LogP contribution in [-0.2, 0) is 71.3 Å². The minimum atomic E-state index is -3.50. The highest BCUT2D eigenvalue weighted by molar-refractivity contribution is 5.78. The average molecular weight is 1260 g/mol. The van der Waals surface area contributed by atoms with Gasteiger partial charge in [0, 0.05) is 27.2 Å². The maximum Gasteiger partial charge on any atom is 0.364 e. The first-order valence-corrected chi connectivity index (χ1v) is 26.8. The molecule has 5 heterocycles. The highest BCUT2D eigenvalue weighted by Crippen LogP contribution is 2.41. The van der Waals surface area contributed by atoms with E-state index < -0.39 is 272 Å². The van der Waals surface area contributed by atoms with Crippen molar-refractivity contribution in [2.75, 3.05) is 52.9 Å². The molecular formula is C47H80N4O35. The molecule has 0 aromatic carbocycles. The van der Waals surface area contributed by atoms with Crippen LogP contribution in [0.1, 0.15) is 27.2 Å². The molecule has 498 valence electrons. The summed E-state index contributed by atoms with van der Waals surface area (Å²) >= 11 is 0. The molecule has 5 saturated heterocycles. The Labute approximate surface area is 487 Å². The molecule has 30 atom stereocenters. The van der Waals surface area contributed by atoms with Crippen molar-refractivity contribution in [2.45, 2.75) is 210 Å². The van der Waals surface area contributed by atoms with Crippen LogP contribution >= 0.6 is 0 Å². The number of hydrogen-bond donors (Lipinski definition) is 24. The van der Waals surface area contributed by atoms with Crippen LogP contribution in [0.2, 0.25) is 0 Å². The molecule has 0 spiro atoms. The zero-order chi connectivity index (χ0) is 64.4. The van der Waals surface area contributed by atoms with Gasteiger partial charge in [-0.25, -0.2) is 4.79 Å². The molecule has 24 N–H and O–H groups in total. The summed E-state index contributed by atoms with van der Waals surface area (Å²) in [5, 5.41) is 225. The van der Waals surface area contributed by atoms with Crippen molar-refractivity contribution in [2.24, 2.45) is 0 Å². The predicted octanol–water partition coefficient (Wildman–Crippen LogP) is -15.7. The van der Waals surface area contributed by atoms with Gasteiger partial charge in [0.1, 0.15) is 141 Å². The maximum absolute atomic E-state index is 13.8. The fourth-order valence-corrected chi connectivity index (χ4v) is 10.4. The number of carbonyl (C=O) groups is 5. The Hall–Kier alpha value is -3.81. The minimum Gasteiger partial charge on any atom is -0.477 e. The Kier molecular flexibility index (Phi) is 27.4. The van der Waals surface area contributed by atoms with Gasteiger partial charge in [-0.15, -0.1) is 0 Å². The van der Waals surface area contributed by atoms with E-state index in [2.05, 4.69) is 21.3 Å². The van der Waals surface area contributed by atoms with E-state index in [0.29, 0.717) is 0 Å². The van der Waals surface area contributed by atoms with E-state index in [9.17, 15) is 126 Å². The second kappa shape index (κ2) is 32.3. The summed E-state index contributed by atoms with van der Waals surface area (Å²) in [4.78, 5) is 63.9. The van der Waals surface area contributed by atoms with Crippen LogP contribution in [0.25, 0.3) is 0 Å². The smallest absolute Gasteiger partial charge is 0.364 e. The Morgan fingerprint density at radius 3 is 1.57 bits per heavy atom. The SMILES string of the molecule is CC(=O)N[C@H]1[C@H](O[C@@H]2[C@H](O)[C@@H](O)[C@H](O[C@@H]3[C@H](O[C@]4(C(=O)O)C[C@H](O)[C@@H](NC(=O)CO)[C@H]([C@H](O)[C@H](O)CO)O4)[C@@H](NC(C)=O)[C@H](O[C@H]4[C@@H](O)[C@@H](CO)O[C@@H](O[C@@H]([C@@H](O)[C@H](O)CO)[C@H](CO)NC(C)=O)[C@@H]4O)O[C@@H]3CO)O[C@@H]2CO)O[C@H](CO)[C@H](O)[C@@H]1O. The largest absolute Gasteiger partial charge is 0.477 e. The summed E-state index contributed by atoms with van der Waals surface area (Å²) in [6.07, 6.45) is -55.8. The molecular weight excluding hydrogens is 1180 g/mol. The van der Waals surface area contributed by atoms with Crippen LogP contribution in [0.5, 0.6) is 0 Å². The average Bonchev–Trinajstić information content (AvgIpc) is 0.860. The highest BCUT2D eigenvalue weighted by atomic mass is 16.8. The van der Waals surface area contributed by atoms with E-state index >= 15 is 0 Å². The fourth-order valence-electron chi connectivity index (χ4n) is 10.4. The summed E-state index contributed by atoms with van der Waals surface area (Å²) in [6.45, 7) is -6.56. The monoisotopic (exact) mass is 1260 g/mol. The van der Waals surface area contributed by atoms with E-state index in [4.69, 9.17) is 47.4 Å². The molecule has 4 amide bonds. The van der Waals surface area contributed by atoms with Crippen molar-refractivity contribution < 1.29 is 173 Å². The number of aliphatic hydroxyl groups is 19. The normalized spacial score (nSPS) is 40.7. The van der Waals surface area contributed by atoms with Gasteiger partial charge in [0.2, 0.25) is 23.6 Å². The van der Waals surface area contributed by atoms with E-state index in [0.717, 1.165) is 20.8 Å². The molecule has 5 aliphatic rings. The fraction of sp³-hybridized carbons (Fsp3) is 0.894. The molecule has 0 aromatic rings. The van der Waals surface area contributed by atoms with Crippen LogP contribution in [0.4, 0.5) is 0 Å². The number of aliphatic hydroxyl groups excluding tert-OH is 19. The van der Waals surface area contributed by atoms with Gasteiger partial charge in [-0.05, 0) is 0 Å². The van der Waals surface area contributed by atoms with Crippen LogP contribution in [0, 0.1) is 0 Å². The van der Waals surface area contributed by atoms with E-state index in [1.54, 1.807) is 0 Å². The molecule has 5 aliphatic heterocycles. The topological polar surface area (TPSA) is 630 Å². The second-order valence-electron chi connectivity index (χ2n) is 20.9. The first-order chi connectivity index (χ1) is 40.5. The molecule has 39 nitrogen and oxygen atoms in total. The number of carboxylic acids is 1. The van der Waals surface area contributed by atoms with Gasteiger partial charge < -0.3 is 171 Å². The number of amides is 4. The van der Waals surface area contributed by atoms with Crippen molar-refractivity contribution in [1.29, 1.82) is 0 Å². The molecule has 86 heavy (non-hydrogen) atoms. The number of nitrogens with one attached hydrogen (secondary N) is 4. The lowest BCUT2D eigenvalue weighted by molar-refractivity contribution is -0.397. The Morgan fingerprint density at radius 1 is 0.523 bits per heavy atom. The Morgan fingerprint density at radius 2 is 1.03 bits per heavy atom. The summed E-state index contributed by atoms with van der Waals surface area (Å²) in [5.74, 6) is -9.78. The van der Waals surface area contributed by atoms with Gasteiger partial charge >= 0.3 is 5.97 Å². The van der Waals surface area contributed by atoms with Gasteiger partial charge in [0.15, 0.2) is 25.2 Å². The van der Waals surface area contributed by atoms with Crippen molar-refractivity contribution in [3.05, 3.63) is 0 Å². The molecule has 0 saturated carbocycles. The van der Waals surface area contributed by atoms with E-state index in [1.807, 2.05) is 0 Å². The van der Waals surface area contributed by atoms with Gasteiger partial charge in [0.25, 0.3) is 5.79 Å². The van der Waals surface area contributed by atoms with Crippen LogP contribution in [0.3, 0.4) is 0 Å². The third-order valence-corrected chi connectivity index (χ3v) is 14.8. The number of hydrogen-bond acceptors (Lipinski definition) is 34. The lowest BCUT2D eigenvalue weighted by atomic mass is 9.87. The van der Waals surface area contributed by atoms with Crippen LogP contribution in [0.15, 0.2) is 0 Å². The molecule has 39 heteroatoms. The molecule has 0 radical (unpaired) electrons. The predicted molar refractivity (Wildman–Crippen MR) is 266 cm³/mol. The van der Waals surface area contributed by atoms with Crippen molar-refractivity contribution >= 4 is 29.6 Å². The zero-order valence-electron chi connectivity index (χ0n) is 46.2. The molecule has 0 aliphatic carbocycles. The molecule has 0 bridgehead atoms. The Bertz CT molecular complexity index is 2180. The summed E-state index contributed by atoms with van der Waals surface area (Å²) in [6, 6.07) is -7.56. The highest BCUT2D eigenvalue weighted by Gasteiger charge is 2.62. The number of ether oxygens (including phenoxy) is 10. The molecule has 5 fully saturated rings. The minimum absolute atomic E-state index is 0.810. The number of rotatable bonds is 28. The lowest BCUT2D eigenvalue weighted by Gasteiger charge is -2.53. The third-order valence-electron chi connectivity index (χ3n) is 14.8. The van der Waals surface area contributed by atoms with Crippen molar-refractivity contribution in [1.82, 2.24) is 21.3 Å². The maximum atomic E-state index is 13.8. The summed E-state index contributed by atoms with van der Waals surface area (Å²) in [5.41, 5.74) is 0. The zero-order valence-corrected chi connectivity index (χ0v) is 46.2. The van der Waals surface area contributed by atoms with E-state index in [-0.39, 0.29) is 0 Å². The van der Waals surface area contributed by atoms with E-state index in [1.165, 1.54) is 0 Å². The summed E-state index contributed by atoms with van der Waals surface area (Å²) < 4.78 is 58.9. The second-order valence-corrected chi connectivity index (χ2v) is 20.9. The van der Waals surface area contributed by atoms with Crippen LogP contribution in [-0.4, -0.2) is 368 Å². The lowest BCUT2D eigenvalue weighted by Crippen LogP contribution is -2.73. The first-order valence-electron chi connectivity index (χ1n) is 26.8.